The molecule has 48 heavy (non-hydrogen) atoms. The molecule has 4 aromatic rings. The van der Waals surface area contributed by atoms with E-state index < -0.39 is 16.5 Å². The molecule has 1 aromatic heterocycles. The van der Waals surface area contributed by atoms with E-state index in [9.17, 15) is 29.3 Å². The Morgan fingerprint density at radius 2 is 1.67 bits per heavy atom. The van der Waals surface area contributed by atoms with E-state index in [0.29, 0.717) is 65.9 Å². The van der Waals surface area contributed by atoms with Crippen molar-refractivity contribution in [1.82, 2.24) is 10.1 Å². The van der Waals surface area contributed by atoms with Crippen molar-refractivity contribution in [2.24, 2.45) is 0 Å². The van der Waals surface area contributed by atoms with Crippen molar-refractivity contribution in [3.05, 3.63) is 92.7 Å². The molecule has 0 saturated carbocycles. The first kappa shape index (κ1) is 32.2. The summed E-state index contributed by atoms with van der Waals surface area (Å²) < 4.78 is 10.9. The van der Waals surface area contributed by atoms with Gasteiger partial charge in [0.1, 0.15) is 28.5 Å². The number of amides is 4. The molecule has 0 radical (unpaired) electrons. The fraction of sp³-hybridized carbons (Fsp3) is 0.242. The standard InChI is InChI=1S/C33H29ClN6O8/c1-19-30(31(36-48-19)22-5-3-4-6-27(22)47-2)33(44)38-15-13-37(14-16-38)25-18-24(26(40(45)46)17-23(25)34)35-32(43)20-7-9-21(10-8-20)39-28(41)11-12-29(39)42/h3-10,17-18H,11-16H2,1-2H3,(H,35,43). The molecule has 2 aliphatic rings. The second-order valence-electron chi connectivity index (χ2n) is 11.1. The van der Waals surface area contributed by atoms with Crippen molar-refractivity contribution < 1.29 is 33.4 Å². The summed E-state index contributed by atoms with van der Waals surface area (Å²) in [6.07, 6.45) is 0.253. The Morgan fingerprint density at radius 1 is 1.00 bits per heavy atom. The van der Waals surface area contributed by atoms with E-state index in [1.807, 2.05) is 17.0 Å². The molecule has 4 amide bonds. The number of aryl methyl sites for hydroxylation is 1. The van der Waals surface area contributed by atoms with Crippen molar-refractivity contribution in [1.29, 1.82) is 0 Å². The van der Waals surface area contributed by atoms with Gasteiger partial charge in [0.2, 0.25) is 11.8 Å². The number of methoxy groups -OCH3 is 1. The molecule has 0 unspecified atom stereocenters. The van der Waals surface area contributed by atoms with Crippen LogP contribution in [0.3, 0.4) is 0 Å². The molecule has 0 spiro atoms. The number of halogens is 1. The Kier molecular flexibility index (Phi) is 8.82. The Morgan fingerprint density at radius 3 is 2.31 bits per heavy atom. The van der Waals surface area contributed by atoms with Crippen LogP contribution in [0.1, 0.15) is 39.3 Å². The molecular formula is C33H29ClN6O8. The zero-order valence-electron chi connectivity index (χ0n) is 25.9. The van der Waals surface area contributed by atoms with Crippen LogP contribution in [0, 0.1) is 17.0 Å². The molecular weight excluding hydrogens is 644 g/mol. The fourth-order valence-electron chi connectivity index (χ4n) is 5.82. The molecule has 246 valence electrons. The summed E-state index contributed by atoms with van der Waals surface area (Å²) in [6, 6.07) is 15.6. The maximum Gasteiger partial charge on any atom is 0.294 e. The Labute approximate surface area is 278 Å². The molecule has 2 fully saturated rings. The topological polar surface area (TPSA) is 168 Å². The first-order chi connectivity index (χ1) is 23.1. The van der Waals surface area contributed by atoms with Crippen molar-refractivity contribution in [2.75, 3.05) is 48.4 Å². The number of aromatic nitrogens is 1. The van der Waals surface area contributed by atoms with Gasteiger partial charge in [0, 0.05) is 56.2 Å². The zero-order valence-corrected chi connectivity index (χ0v) is 26.7. The van der Waals surface area contributed by atoms with Crippen molar-refractivity contribution in [3.63, 3.8) is 0 Å². The van der Waals surface area contributed by atoms with Gasteiger partial charge >= 0.3 is 0 Å². The second kappa shape index (κ2) is 13.2. The van der Waals surface area contributed by atoms with E-state index in [1.165, 1.54) is 43.5 Å². The lowest BCUT2D eigenvalue weighted by Crippen LogP contribution is -2.49. The predicted molar refractivity (Wildman–Crippen MR) is 176 cm³/mol. The molecule has 0 atom stereocenters. The van der Waals surface area contributed by atoms with Crippen LogP contribution in [0.5, 0.6) is 5.75 Å². The first-order valence-electron chi connectivity index (χ1n) is 15.0. The number of nitro benzene ring substituents is 1. The van der Waals surface area contributed by atoms with Gasteiger partial charge in [-0.3, -0.25) is 34.2 Å². The lowest BCUT2D eigenvalue weighted by Gasteiger charge is -2.36. The maximum absolute atomic E-state index is 13.7. The summed E-state index contributed by atoms with van der Waals surface area (Å²) >= 11 is 6.52. The van der Waals surface area contributed by atoms with Crippen molar-refractivity contribution in [2.45, 2.75) is 19.8 Å². The third kappa shape index (κ3) is 6.05. The Bertz CT molecular complexity index is 1940. The van der Waals surface area contributed by atoms with Crippen LogP contribution in [0.2, 0.25) is 5.02 Å². The van der Waals surface area contributed by atoms with Gasteiger partial charge in [0.15, 0.2) is 0 Å². The highest BCUT2D eigenvalue weighted by molar-refractivity contribution is 6.33. The number of nitrogens with one attached hydrogen (secondary N) is 1. The molecule has 2 saturated heterocycles. The van der Waals surface area contributed by atoms with Gasteiger partial charge in [-0.2, -0.15) is 0 Å². The van der Waals surface area contributed by atoms with Gasteiger partial charge < -0.3 is 24.4 Å². The average molecular weight is 673 g/mol. The van der Waals surface area contributed by atoms with E-state index in [4.69, 9.17) is 20.9 Å². The van der Waals surface area contributed by atoms with Crippen LogP contribution in [-0.4, -0.2) is 71.9 Å². The zero-order chi connectivity index (χ0) is 34.1. The van der Waals surface area contributed by atoms with Gasteiger partial charge in [-0.1, -0.05) is 28.9 Å². The van der Waals surface area contributed by atoms with E-state index in [-0.39, 0.29) is 46.8 Å². The number of ether oxygens (including phenoxy) is 1. The number of rotatable bonds is 8. The third-order valence-corrected chi connectivity index (χ3v) is 8.60. The van der Waals surface area contributed by atoms with Crippen LogP contribution >= 0.6 is 11.6 Å². The number of para-hydroxylation sites is 1. The van der Waals surface area contributed by atoms with Gasteiger partial charge in [0.25, 0.3) is 17.5 Å². The predicted octanol–water partition coefficient (Wildman–Crippen LogP) is 5.09. The number of carbonyl (C=O) groups excluding carboxylic acids is 4. The quantitative estimate of drug-likeness (QED) is 0.151. The van der Waals surface area contributed by atoms with Gasteiger partial charge in [0.05, 0.1) is 28.4 Å². The number of nitrogens with zero attached hydrogens (tertiary/aromatic N) is 5. The van der Waals surface area contributed by atoms with Crippen LogP contribution < -0.4 is 19.9 Å². The molecule has 2 aliphatic heterocycles. The molecule has 6 rings (SSSR count). The normalized spacial score (nSPS) is 14.8. The Balaban J connectivity index is 1.18. The third-order valence-electron chi connectivity index (χ3n) is 8.30. The van der Waals surface area contributed by atoms with Crippen molar-refractivity contribution >= 4 is 58.0 Å². The molecule has 0 bridgehead atoms. The number of benzene rings is 3. The highest BCUT2D eigenvalue weighted by Gasteiger charge is 2.32. The van der Waals surface area contributed by atoms with Crippen LogP contribution in [0.25, 0.3) is 11.3 Å². The molecule has 1 N–H and O–H groups in total. The van der Waals surface area contributed by atoms with E-state index in [2.05, 4.69) is 10.5 Å². The average Bonchev–Trinajstić information content (AvgIpc) is 3.65. The maximum atomic E-state index is 13.7. The highest BCUT2D eigenvalue weighted by Crippen LogP contribution is 2.38. The Hall–Kier alpha value is -5.76. The summed E-state index contributed by atoms with van der Waals surface area (Å²) in [7, 11) is 1.54. The molecule has 0 aliphatic carbocycles. The number of nitro groups is 1. The highest BCUT2D eigenvalue weighted by atomic mass is 35.5. The first-order valence-corrected chi connectivity index (χ1v) is 15.3. The molecule has 15 heteroatoms. The number of hydrogen-bond acceptors (Lipinski definition) is 10. The fourth-order valence-corrected chi connectivity index (χ4v) is 6.10. The number of anilines is 3. The minimum Gasteiger partial charge on any atom is -0.496 e. The number of imide groups is 1. The van der Waals surface area contributed by atoms with E-state index in [1.54, 1.807) is 24.0 Å². The van der Waals surface area contributed by atoms with Crippen LogP contribution in [0.15, 0.2) is 65.2 Å². The summed E-state index contributed by atoms with van der Waals surface area (Å²) in [6.45, 7) is 2.98. The summed E-state index contributed by atoms with van der Waals surface area (Å²) in [5.74, 6) is -0.623. The number of carbonyl (C=O) groups is 4. The van der Waals surface area contributed by atoms with E-state index >= 15 is 0 Å². The lowest BCUT2D eigenvalue weighted by atomic mass is 10.0. The molecule has 3 heterocycles. The second-order valence-corrected chi connectivity index (χ2v) is 11.6. The smallest absolute Gasteiger partial charge is 0.294 e. The van der Waals surface area contributed by atoms with Crippen molar-refractivity contribution in [3.8, 4) is 17.0 Å². The largest absolute Gasteiger partial charge is 0.496 e. The van der Waals surface area contributed by atoms with Gasteiger partial charge in [-0.05, 0) is 49.4 Å². The SMILES string of the molecule is COc1ccccc1-c1noc(C)c1C(=O)N1CCN(c2cc(NC(=O)c3ccc(N4C(=O)CCC4=O)cc3)c([N+](=O)[O-])cc2Cl)CC1. The molecule has 3 aromatic carbocycles. The van der Waals surface area contributed by atoms with E-state index in [0.717, 1.165) is 4.90 Å². The molecule has 14 nitrogen and oxygen atoms in total. The van der Waals surface area contributed by atoms with Crippen LogP contribution in [0.4, 0.5) is 22.7 Å². The number of piperazine rings is 1. The minimum absolute atomic E-state index is 0.0709. The lowest BCUT2D eigenvalue weighted by molar-refractivity contribution is -0.383. The monoisotopic (exact) mass is 672 g/mol. The minimum atomic E-state index is -0.643. The number of hydrogen-bond donors (Lipinski definition) is 1. The summed E-state index contributed by atoms with van der Waals surface area (Å²) in [4.78, 5) is 66.9. The van der Waals surface area contributed by atoms with Gasteiger partial charge in [-0.15, -0.1) is 0 Å². The van der Waals surface area contributed by atoms with Gasteiger partial charge in [-0.25, -0.2) is 0 Å². The van der Waals surface area contributed by atoms with Crippen LogP contribution in [-0.2, 0) is 9.59 Å². The summed E-state index contributed by atoms with van der Waals surface area (Å²) in [5, 5.41) is 18.8. The summed E-state index contributed by atoms with van der Waals surface area (Å²) in [5.41, 5.74) is 1.81.